The van der Waals surface area contributed by atoms with Gasteiger partial charge in [-0.15, -0.1) is 9.81 Å². The maximum atomic E-state index is 12.3. The molecule has 252 valence electrons. The van der Waals surface area contributed by atoms with Gasteiger partial charge in [0.1, 0.15) is 34.4 Å². The first-order valence-corrected chi connectivity index (χ1v) is 17.2. The van der Waals surface area contributed by atoms with Crippen LogP contribution in [-0.4, -0.2) is 26.4 Å². The van der Waals surface area contributed by atoms with Crippen molar-refractivity contribution in [1.82, 2.24) is 0 Å². The Morgan fingerprint density at radius 1 is 0.479 bits per heavy atom. The van der Waals surface area contributed by atoms with Gasteiger partial charge in [-0.25, -0.2) is 0 Å². The van der Waals surface area contributed by atoms with Crippen molar-refractivity contribution in [2.24, 2.45) is 10.4 Å². The second-order valence-electron chi connectivity index (χ2n) is 12.2. The molecule has 0 amide bonds. The van der Waals surface area contributed by atoms with Crippen LogP contribution in [-0.2, 0) is 25.7 Å². The molecule has 0 saturated heterocycles. The quantitative estimate of drug-likeness (QED) is 0.111. The molecule has 0 N–H and O–H groups in total. The molecule has 8 nitrogen and oxygen atoms in total. The number of ether oxygens (including phenoxy) is 4. The van der Waals surface area contributed by atoms with E-state index >= 15 is 0 Å². The van der Waals surface area contributed by atoms with Crippen molar-refractivity contribution in [3.8, 4) is 23.0 Å². The van der Waals surface area contributed by atoms with Crippen LogP contribution in [0.15, 0.2) is 71.0 Å². The Morgan fingerprint density at radius 2 is 0.875 bits per heavy atom. The molecule has 0 unspecified atom stereocenters. The summed E-state index contributed by atoms with van der Waals surface area (Å²) in [6.45, 7) is 10.4. The minimum Gasteiger partial charge on any atom is -0.493 e. The Labute approximate surface area is 283 Å². The van der Waals surface area contributed by atoms with E-state index in [0.717, 1.165) is 87.4 Å². The van der Waals surface area contributed by atoms with Gasteiger partial charge in [0.05, 0.1) is 26.4 Å². The maximum absolute atomic E-state index is 12.3. The van der Waals surface area contributed by atoms with Crippen molar-refractivity contribution < 1.29 is 18.9 Å². The SMILES string of the molecule is CCCOc1c2cc(N=O)cc1Cc1cccc(c1OCCC)Cc1c(N=O)ccc(c1OCCC)Cc1cccc(c1OCCC)C2. The number of rotatable bonds is 14. The van der Waals surface area contributed by atoms with E-state index in [9.17, 15) is 9.81 Å². The van der Waals surface area contributed by atoms with Crippen molar-refractivity contribution in [2.45, 2.75) is 79.1 Å². The molecule has 1 aliphatic rings. The Morgan fingerprint density at radius 3 is 1.31 bits per heavy atom. The van der Waals surface area contributed by atoms with Gasteiger partial charge in [-0.1, -0.05) is 70.2 Å². The van der Waals surface area contributed by atoms with Crippen molar-refractivity contribution >= 4 is 11.4 Å². The normalized spacial score (nSPS) is 12.2. The second kappa shape index (κ2) is 16.9. The van der Waals surface area contributed by atoms with Gasteiger partial charge in [0.2, 0.25) is 0 Å². The summed E-state index contributed by atoms with van der Waals surface area (Å²) < 4.78 is 25.9. The van der Waals surface area contributed by atoms with Crippen LogP contribution in [0.4, 0.5) is 11.4 Å². The molecule has 0 aromatic heterocycles. The molecule has 8 bridgehead atoms. The van der Waals surface area contributed by atoms with E-state index in [-0.39, 0.29) is 0 Å². The highest BCUT2D eigenvalue weighted by atomic mass is 16.5. The van der Waals surface area contributed by atoms with E-state index in [1.807, 2.05) is 42.5 Å². The van der Waals surface area contributed by atoms with Gasteiger partial charge < -0.3 is 18.9 Å². The number of fused-ring (bicyclic) bond motifs is 8. The smallest absolute Gasteiger partial charge is 0.128 e. The highest BCUT2D eigenvalue weighted by molar-refractivity contribution is 5.63. The van der Waals surface area contributed by atoms with Gasteiger partial charge in [0, 0.05) is 42.4 Å². The molecule has 0 fully saturated rings. The van der Waals surface area contributed by atoms with Gasteiger partial charge in [0.15, 0.2) is 0 Å². The predicted molar refractivity (Wildman–Crippen MR) is 191 cm³/mol. The number of hydrogen-bond donors (Lipinski definition) is 0. The third-order valence-corrected chi connectivity index (χ3v) is 8.42. The first-order chi connectivity index (χ1) is 23.5. The van der Waals surface area contributed by atoms with E-state index < -0.39 is 0 Å². The molecule has 0 radical (unpaired) electrons. The van der Waals surface area contributed by atoms with Gasteiger partial charge in [0.25, 0.3) is 0 Å². The molecule has 1 aliphatic carbocycles. The fraction of sp³-hybridized carbons (Fsp3) is 0.400. The van der Waals surface area contributed by atoms with Gasteiger partial charge >= 0.3 is 0 Å². The molecule has 8 heteroatoms. The van der Waals surface area contributed by atoms with Crippen molar-refractivity contribution in [2.75, 3.05) is 26.4 Å². The first-order valence-electron chi connectivity index (χ1n) is 17.2. The molecule has 0 saturated carbocycles. The fourth-order valence-corrected chi connectivity index (χ4v) is 6.30. The van der Waals surface area contributed by atoms with Crippen LogP contribution in [0.1, 0.15) is 97.9 Å². The fourth-order valence-electron chi connectivity index (χ4n) is 6.30. The maximum Gasteiger partial charge on any atom is 0.128 e. The number of nitroso groups, excluding NO2 is 2. The largest absolute Gasteiger partial charge is 0.493 e. The highest BCUT2D eigenvalue weighted by Crippen LogP contribution is 2.42. The summed E-state index contributed by atoms with van der Waals surface area (Å²) in [6, 6.07) is 19.7. The predicted octanol–water partition coefficient (Wildman–Crippen LogP) is 10.3. The average molecular weight is 651 g/mol. The van der Waals surface area contributed by atoms with Crippen LogP contribution in [0.3, 0.4) is 0 Å². The molecule has 4 aromatic carbocycles. The topological polar surface area (TPSA) is 95.8 Å². The molecule has 5 rings (SSSR count). The lowest BCUT2D eigenvalue weighted by Crippen LogP contribution is -2.10. The monoisotopic (exact) mass is 650 g/mol. The number of para-hydroxylation sites is 2. The third-order valence-electron chi connectivity index (χ3n) is 8.42. The molecular formula is C40H46N2O6. The molecule has 0 spiro atoms. The molecule has 4 aromatic rings. The Hall–Kier alpha value is -4.72. The van der Waals surface area contributed by atoms with Crippen molar-refractivity contribution in [1.29, 1.82) is 0 Å². The summed E-state index contributed by atoms with van der Waals surface area (Å²) in [5, 5.41) is 6.83. The van der Waals surface area contributed by atoms with Crippen molar-refractivity contribution in [3.05, 3.63) is 115 Å². The number of hydrogen-bond acceptors (Lipinski definition) is 8. The van der Waals surface area contributed by atoms with Crippen LogP contribution in [0, 0.1) is 9.81 Å². The van der Waals surface area contributed by atoms with Crippen LogP contribution >= 0.6 is 0 Å². The van der Waals surface area contributed by atoms with Crippen LogP contribution in [0.25, 0.3) is 0 Å². The first kappa shape index (κ1) is 34.6. The number of nitrogens with zero attached hydrogens (tertiary/aromatic N) is 2. The van der Waals surface area contributed by atoms with Gasteiger partial charge in [-0.05, 0) is 82.1 Å². The summed E-state index contributed by atoms with van der Waals surface area (Å²) in [4.78, 5) is 24.4. The summed E-state index contributed by atoms with van der Waals surface area (Å²) in [7, 11) is 0. The standard InChI is InChI=1S/C40H46N2O6/c1-5-17-45-37-27-11-9-12-28(37)22-32-24-34(41-43)25-33(39(32)47-19-7-3)23-29-13-10-14-30(38(29)46-18-6-2)26-35-36(42-44)16-15-31(21-27)40(35)48-20-8-4/h9-16,24-25H,5-8,17-23,26H2,1-4H3. The molecule has 0 aliphatic heterocycles. The van der Waals surface area contributed by atoms with Crippen LogP contribution in [0.2, 0.25) is 0 Å². The highest BCUT2D eigenvalue weighted by Gasteiger charge is 2.24. The molecule has 0 heterocycles. The minimum absolute atomic E-state index is 0.346. The second-order valence-corrected chi connectivity index (χ2v) is 12.2. The minimum atomic E-state index is 0.346. The zero-order valence-corrected chi connectivity index (χ0v) is 28.6. The molecule has 48 heavy (non-hydrogen) atoms. The van der Waals surface area contributed by atoms with E-state index in [1.54, 1.807) is 6.07 Å². The van der Waals surface area contributed by atoms with E-state index in [2.05, 4.69) is 50.2 Å². The molecular weight excluding hydrogens is 604 g/mol. The van der Waals surface area contributed by atoms with E-state index in [4.69, 9.17) is 18.9 Å². The Bertz CT molecular complexity index is 1730. The summed E-state index contributed by atoms with van der Waals surface area (Å²) in [6.07, 6.45) is 5.19. The van der Waals surface area contributed by atoms with Gasteiger partial charge in [-0.2, -0.15) is 0 Å². The van der Waals surface area contributed by atoms with Gasteiger partial charge in [-0.3, -0.25) is 0 Å². The summed E-state index contributed by atoms with van der Waals surface area (Å²) in [5.41, 5.74) is 7.97. The zero-order valence-electron chi connectivity index (χ0n) is 28.6. The number of benzene rings is 4. The lowest BCUT2D eigenvalue weighted by atomic mass is 9.90. The van der Waals surface area contributed by atoms with E-state index in [1.165, 1.54) is 0 Å². The van der Waals surface area contributed by atoms with Crippen LogP contribution < -0.4 is 18.9 Å². The zero-order chi connectivity index (χ0) is 33.9. The third kappa shape index (κ3) is 7.87. The lowest BCUT2D eigenvalue weighted by Gasteiger charge is -2.23. The van der Waals surface area contributed by atoms with Crippen molar-refractivity contribution in [3.63, 3.8) is 0 Å². The summed E-state index contributed by atoms with van der Waals surface area (Å²) >= 11 is 0. The Balaban J connectivity index is 1.82. The average Bonchev–Trinajstić information content (AvgIpc) is 3.10. The summed E-state index contributed by atoms with van der Waals surface area (Å²) in [5.74, 6) is 2.99. The van der Waals surface area contributed by atoms with E-state index in [0.29, 0.717) is 69.2 Å². The Kier molecular flexibility index (Phi) is 12.2. The van der Waals surface area contributed by atoms with Crippen LogP contribution in [0.5, 0.6) is 23.0 Å². The lowest BCUT2D eigenvalue weighted by molar-refractivity contribution is 0.305. The molecule has 0 atom stereocenters.